The van der Waals surface area contributed by atoms with Gasteiger partial charge in [-0.25, -0.2) is 9.97 Å². The van der Waals surface area contributed by atoms with E-state index in [1.54, 1.807) is 55.9 Å². The van der Waals surface area contributed by atoms with E-state index in [1.165, 1.54) is 6.92 Å². The molecule has 2 atom stereocenters. The second kappa shape index (κ2) is 21.7. The van der Waals surface area contributed by atoms with Gasteiger partial charge in [-0.3, -0.25) is 13.8 Å². The van der Waals surface area contributed by atoms with Gasteiger partial charge in [0.15, 0.2) is 0 Å². The van der Waals surface area contributed by atoms with Crippen molar-refractivity contribution in [3.05, 3.63) is 79.1 Å². The number of esters is 1. The Kier molecular flexibility index (Phi) is 18.5. The molecule has 0 fully saturated rings. The predicted molar refractivity (Wildman–Crippen MR) is 194 cm³/mol. The Balaban J connectivity index is 0.000000532. The molecule has 254 valence electrons. The molecule has 2 aromatic heterocycles. The SMILES string of the molecule is C=S(C)(=O)c1ccc(Nc2ncc(-c3ccc(NC)cc3)c(N[C@H](C)CO)n2)cc1.CC.CCOC(C)=O.O=CNc1ccccn1. The lowest BCUT2D eigenvalue weighted by molar-refractivity contribution is -0.140. The molecule has 2 aromatic carbocycles. The van der Waals surface area contributed by atoms with E-state index >= 15 is 0 Å². The molecule has 0 aliphatic rings. The van der Waals surface area contributed by atoms with E-state index in [0.29, 0.717) is 35.5 Å². The fourth-order valence-corrected chi connectivity index (χ4v) is 4.24. The molecular weight excluding hydrogens is 618 g/mol. The highest BCUT2D eigenvalue weighted by Gasteiger charge is 2.12. The summed E-state index contributed by atoms with van der Waals surface area (Å²) in [5.74, 6) is 5.10. The standard InChI is InChI=1S/C22H27N5O2S.C6H6N2O.C4H8O2.C2H6/c1-15(14-28)25-21-20(16-5-7-17(23-2)8-6-16)13-24-22(27-21)26-18-9-11-19(12-10-18)30(3,4)29;9-5-8-6-3-1-2-4-7-6;1-3-6-4(2)5;1-2/h5-13,15,23,28H,3,14H2,1-2,4H3,(H2,24,25,26,27);1-5H,(H,7,8,9);3H2,1-2H3;1-2H3/t15-,30?;;;/m1.../s1. The smallest absolute Gasteiger partial charge is 0.302 e. The van der Waals surface area contributed by atoms with Gasteiger partial charge in [0.1, 0.15) is 11.6 Å². The minimum atomic E-state index is -2.25. The molecule has 1 amide bonds. The lowest BCUT2D eigenvalue weighted by atomic mass is 10.1. The van der Waals surface area contributed by atoms with Gasteiger partial charge in [-0.15, -0.1) is 0 Å². The van der Waals surface area contributed by atoms with Crippen LogP contribution >= 0.6 is 0 Å². The summed E-state index contributed by atoms with van der Waals surface area (Å²) < 4.78 is 16.5. The number of hydrogen-bond acceptors (Lipinski definition) is 11. The molecule has 2 heterocycles. The zero-order valence-electron chi connectivity index (χ0n) is 28.1. The number of carbonyl (C=O) groups excluding carboxylic acids is 2. The third kappa shape index (κ3) is 15.2. The summed E-state index contributed by atoms with van der Waals surface area (Å²) in [6.07, 6.45) is 5.58. The number of nitrogens with zero attached hydrogens (tertiary/aromatic N) is 3. The van der Waals surface area contributed by atoms with Gasteiger partial charge in [-0.2, -0.15) is 4.98 Å². The number of amides is 1. The minimum Gasteiger partial charge on any atom is -0.466 e. The van der Waals surface area contributed by atoms with Crippen LogP contribution in [0.1, 0.15) is 34.6 Å². The third-order valence-corrected chi connectivity index (χ3v) is 7.03. The molecule has 0 saturated heterocycles. The summed E-state index contributed by atoms with van der Waals surface area (Å²) in [7, 11) is -0.382. The van der Waals surface area contributed by atoms with E-state index in [0.717, 1.165) is 22.5 Å². The second-order valence-corrected chi connectivity index (χ2v) is 12.0. The molecule has 13 heteroatoms. The second-order valence-electron chi connectivity index (χ2n) is 9.57. The Morgan fingerprint density at radius 2 is 1.68 bits per heavy atom. The van der Waals surface area contributed by atoms with Crippen LogP contribution in [-0.4, -0.2) is 75.1 Å². The number of pyridine rings is 1. The summed E-state index contributed by atoms with van der Waals surface area (Å²) in [6.45, 7) is 9.51. The zero-order valence-corrected chi connectivity index (χ0v) is 28.9. The molecule has 4 rings (SSSR count). The van der Waals surface area contributed by atoms with Crippen molar-refractivity contribution in [2.75, 3.05) is 47.8 Å². The number of aliphatic hydroxyl groups excluding tert-OH is 1. The molecule has 47 heavy (non-hydrogen) atoms. The van der Waals surface area contributed by atoms with Crippen LogP contribution in [0.3, 0.4) is 0 Å². The lowest BCUT2D eigenvalue weighted by Gasteiger charge is -2.17. The molecular formula is C34H47N7O5S. The quantitative estimate of drug-likeness (QED) is 0.0760. The fourth-order valence-electron chi connectivity index (χ4n) is 3.53. The number of ether oxygens (including phenoxy) is 1. The molecule has 0 aliphatic heterocycles. The van der Waals surface area contributed by atoms with Crippen molar-refractivity contribution in [3.8, 4) is 11.1 Å². The van der Waals surface area contributed by atoms with Gasteiger partial charge in [-0.05, 0) is 83.3 Å². The molecule has 12 nitrogen and oxygen atoms in total. The molecule has 1 unspecified atom stereocenters. The number of hydrogen-bond donors (Lipinski definition) is 5. The van der Waals surface area contributed by atoms with Crippen LogP contribution in [0.2, 0.25) is 0 Å². The summed E-state index contributed by atoms with van der Waals surface area (Å²) in [4.78, 5) is 33.2. The highest BCUT2D eigenvalue weighted by molar-refractivity contribution is 7.99. The minimum absolute atomic E-state index is 0.0201. The van der Waals surface area contributed by atoms with Crippen molar-refractivity contribution in [3.63, 3.8) is 0 Å². The van der Waals surface area contributed by atoms with Crippen molar-refractivity contribution in [1.82, 2.24) is 15.0 Å². The average Bonchev–Trinajstić information content (AvgIpc) is 3.07. The van der Waals surface area contributed by atoms with Crippen molar-refractivity contribution in [2.24, 2.45) is 0 Å². The number of aromatic nitrogens is 3. The van der Waals surface area contributed by atoms with Gasteiger partial charge in [0.2, 0.25) is 12.4 Å². The van der Waals surface area contributed by atoms with Crippen LogP contribution in [0, 0.1) is 0 Å². The van der Waals surface area contributed by atoms with Crippen molar-refractivity contribution in [1.29, 1.82) is 0 Å². The van der Waals surface area contributed by atoms with E-state index in [1.807, 2.05) is 64.2 Å². The molecule has 0 bridgehead atoms. The van der Waals surface area contributed by atoms with Crippen LogP contribution < -0.4 is 21.3 Å². The van der Waals surface area contributed by atoms with E-state index < -0.39 is 9.52 Å². The number of carbonyl (C=O) groups is 2. The van der Waals surface area contributed by atoms with Crippen LogP contribution in [-0.2, 0) is 23.8 Å². The van der Waals surface area contributed by atoms with Crippen molar-refractivity contribution >= 4 is 56.7 Å². The average molecular weight is 666 g/mol. The van der Waals surface area contributed by atoms with Crippen molar-refractivity contribution in [2.45, 2.75) is 45.6 Å². The molecule has 0 spiro atoms. The topological polar surface area (TPSA) is 167 Å². The largest absolute Gasteiger partial charge is 0.466 e. The molecule has 4 aromatic rings. The van der Waals surface area contributed by atoms with Crippen LogP contribution in [0.15, 0.2) is 84.0 Å². The Labute approximate surface area is 278 Å². The number of nitrogens with one attached hydrogen (secondary N) is 4. The molecule has 0 saturated carbocycles. The summed E-state index contributed by atoms with van der Waals surface area (Å²) in [5.41, 5.74) is 3.58. The first-order chi connectivity index (χ1) is 22.5. The molecule has 0 radical (unpaired) electrons. The van der Waals surface area contributed by atoms with Gasteiger partial charge < -0.3 is 31.1 Å². The van der Waals surface area contributed by atoms with E-state index in [2.05, 4.69) is 46.8 Å². The van der Waals surface area contributed by atoms with Crippen molar-refractivity contribution < 1.29 is 23.6 Å². The Bertz CT molecular complexity index is 1590. The van der Waals surface area contributed by atoms with Gasteiger partial charge in [0.25, 0.3) is 0 Å². The first-order valence-corrected chi connectivity index (χ1v) is 17.1. The maximum atomic E-state index is 12.1. The maximum Gasteiger partial charge on any atom is 0.302 e. The van der Waals surface area contributed by atoms with Gasteiger partial charge >= 0.3 is 5.97 Å². The van der Waals surface area contributed by atoms with E-state index in [-0.39, 0.29) is 18.6 Å². The van der Waals surface area contributed by atoms with Gasteiger partial charge in [-0.1, -0.05) is 32.0 Å². The Morgan fingerprint density at radius 1 is 1.04 bits per heavy atom. The maximum absolute atomic E-state index is 12.1. The van der Waals surface area contributed by atoms with E-state index in [9.17, 15) is 18.9 Å². The summed E-state index contributed by atoms with van der Waals surface area (Å²) in [5, 5.41) is 21.4. The number of rotatable bonds is 11. The van der Waals surface area contributed by atoms with Gasteiger partial charge in [0.05, 0.1) is 13.2 Å². The molecule has 5 N–H and O–H groups in total. The Morgan fingerprint density at radius 3 is 2.15 bits per heavy atom. The number of aliphatic hydroxyl groups is 1. The first kappa shape index (κ1) is 40.0. The lowest BCUT2D eigenvalue weighted by Crippen LogP contribution is -2.21. The fraction of sp³-hybridized carbons (Fsp3) is 0.294. The van der Waals surface area contributed by atoms with Crippen LogP contribution in [0.5, 0.6) is 0 Å². The Hall–Kier alpha value is -5.01. The summed E-state index contributed by atoms with van der Waals surface area (Å²) in [6, 6.07) is 20.3. The predicted octanol–water partition coefficient (Wildman–Crippen LogP) is 5.67. The highest BCUT2D eigenvalue weighted by atomic mass is 32.2. The molecule has 0 aliphatic carbocycles. The third-order valence-electron chi connectivity index (χ3n) is 5.76. The number of benzene rings is 2. The normalized spacial score (nSPS) is 11.6. The first-order valence-electron chi connectivity index (χ1n) is 15.0. The highest BCUT2D eigenvalue weighted by Crippen LogP contribution is 2.29. The van der Waals surface area contributed by atoms with E-state index in [4.69, 9.17) is 0 Å². The monoisotopic (exact) mass is 665 g/mol. The van der Waals surface area contributed by atoms with Crippen LogP contribution in [0.25, 0.3) is 11.1 Å². The van der Waals surface area contributed by atoms with Gasteiger partial charge in [0, 0.05) is 60.5 Å². The van der Waals surface area contributed by atoms with Crippen LogP contribution in [0.4, 0.5) is 29.0 Å². The number of anilines is 5. The summed E-state index contributed by atoms with van der Waals surface area (Å²) >= 11 is 0. The zero-order chi connectivity index (χ0) is 35.2.